The second-order valence-corrected chi connectivity index (χ2v) is 16.8. The average Bonchev–Trinajstić information content (AvgIpc) is 3.38. The normalized spacial score (nSPS) is 33.0. The fraction of sp³-hybridized carbons (Fsp3) is 0.590. The highest BCUT2D eigenvalue weighted by atomic mass is 127. The van der Waals surface area contributed by atoms with Crippen molar-refractivity contribution < 1.29 is 57.5 Å². The third-order valence-electron chi connectivity index (χ3n) is 11.7. The largest absolute Gasteiger partial charge is 1.00 e. The molecule has 9 heteroatoms. The summed E-state index contributed by atoms with van der Waals surface area (Å²) < 4.78 is 13.9. The maximum Gasteiger partial charge on any atom is 0.338 e. The number of ether oxygens (including phenoxy) is 2. The van der Waals surface area contributed by atoms with E-state index in [1.54, 1.807) is 12.1 Å². The van der Waals surface area contributed by atoms with Crippen molar-refractivity contribution in [1.82, 2.24) is 0 Å². The number of pyridine rings is 1. The van der Waals surface area contributed by atoms with Gasteiger partial charge in [-0.25, -0.2) is 9.36 Å². The van der Waals surface area contributed by atoms with E-state index in [0.29, 0.717) is 24.9 Å². The predicted octanol–water partition coefficient (Wildman–Crippen LogP) is 3.98. The SMILES string of the molecule is C=C[C@]1(C)C[C@@H](OC(=O)CSc2cc[n+](Cc3ccc(C(=O)OC(C)(C)C)cc3)cc2)[C@]2(C)[C@H](C)CC[C@]3(CCC(=O)[C@H]32)[C@@H](C)[C@@H]1O.[I-]. The molecule has 5 rings (SSSR count). The average molecular weight is 790 g/mol. The summed E-state index contributed by atoms with van der Waals surface area (Å²) >= 11 is 1.42. The van der Waals surface area contributed by atoms with Crippen LogP contribution in [0.15, 0.2) is 66.3 Å². The van der Waals surface area contributed by atoms with E-state index in [1.165, 1.54) is 11.8 Å². The molecule has 0 unspecified atom stereocenters. The Balaban J connectivity index is 0.00000520. The van der Waals surface area contributed by atoms with Crippen molar-refractivity contribution in [1.29, 1.82) is 0 Å². The maximum absolute atomic E-state index is 13.6. The zero-order chi connectivity index (χ0) is 34.4. The lowest BCUT2D eigenvalue weighted by Gasteiger charge is -2.61. The van der Waals surface area contributed by atoms with Crippen LogP contribution in [0.4, 0.5) is 0 Å². The van der Waals surface area contributed by atoms with Crippen LogP contribution in [-0.2, 0) is 25.6 Å². The molecule has 48 heavy (non-hydrogen) atoms. The first-order valence-corrected chi connectivity index (χ1v) is 18.0. The molecule has 1 aromatic carbocycles. The number of hydrogen-bond acceptors (Lipinski definition) is 7. The van der Waals surface area contributed by atoms with E-state index in [4.69, 9.17) is 9.47 Å². The van der Waals surface area contributed by atoms with E-state index in [2.05, 4.69) is 27.4 Å². The van der Waals surface area contributed by atoms with Gasteiger partial charge in [-0.05, 0) is 75.8 Å². The minimum atomic E-state index is -0.680. The zero-order valence-corrected chi connectivity index (χ0v) is 32.4. The van der Waals surface area contributed by atoms with Crippen LogP contribution in [-0.4, -0.2) is 46.4 Å². The summed E-state index contributed by atoms with van der Waals surface area (Å²) in [6, 6.07) is 11.4. The smallest absolute Gasteiger partial charge is 0.338 e. The predicted molar refractivity (Wildman–Crippen MR) is 183 cm³/mol. The highest BCUT2D eigenvalue weighted by molar-refractivity contribution is 8.00. The summed E-state index contributed by atoms with van der Waals surface area (Å²) in [4.78, 5) is 40.4. The molecule has 8 atom stereocenters. The van der Waals surface area contributed by atoms with Gasteiger partial charge in [0.25, 0.3) is 0 Å². The molecule has 1 aromatic heterocycles. The van der Waals surface area contributed by atoms with E-state index >= 15 is 0 Å². The van der Waals surface area contributed by atoms with Crippen molar-refractivity contribution in [3.8, 4) is 0 Å². The van der Waals surface area contributed by atoms with Gasteiger partial charge in [-0.15, -0.1) is 18.3 Å². The molecule has 1 N–H and O–H groups in total. The van der Waals surface area contributed by atoms with Crippen LogP contribution in [0.2, 0.25) is 0 Å². The van der Waals surface area contributed by atoms with E-state index in [1.807, 2.05) is 75.0 Å². The quantitative estimate of drug-likeness (QED) is 0.142. The van der Waals surface area contributed by atoms with Gasteiger partial charge >= 0.3 is 11.9 Å². The number of halogens is 1. The topological polar surface area (TPSA) is 93.8 Å². The summed E-state index contributed by atoms with van der Waals surface area (Å²) in [7, 11) is 0. The zero-order valence-electron chi connectivity index (χ0n) is 29.5. The molecule has 7 nitrogen and oxygen atoms in total. The Kier molecular flexibility index (Phi) is 11.7. The van der Waals surface area contributed by atoms with E-state index < -0.39 is 28.6 Å². The Morgan fingerprint density at radius 1 is 1.08 bits per heavy atom. The van der Waals surface area contributed by atoms with Crippen molar-refractivity contribution in [3.63, 3.8) is 0 Å². The standard InChI is InChI=1S/C39H52NO6S.HI/c1-9-37(7)22-31(38(8)25(2)14-18-39(26(3)34(37)43)19-15-30(41)33(38)39)45-32(42)24-47-29-16-20-40(21-17-29)23-27-10-12-28(13-11-27)35(44)46-36(4,5)6;/h9-13,16-17,20-21,25-26,31,33-34,43H,1,14-15,18-19,22-24H2,2-8H3;1H/q+1;/p-1/t25-,26+,31-,33+,34+,37-,38+,39+;/m1./s1. The van der Waals surface area contributed by atoms with Crippen LogP contribution in [0.5, 0.6) is 0 Å². The highest BCUT2D eigenvalue weighted by Crippen LogP contribution is 2.68. The number of aliphatic hydroxyl groups is 1. The lowest BCUT2D eigenvalue weighted by molar-refractivity contribution is -0.688. The number of Topliss-reactive ketones (excluding diaryl/α,β-unsaturated/α-hetero) is 1. The number of benzene rings is 1. The molecular formula is C39H52INO6S. The molecule has 3 saturated carbocycles. The number of carbonyl (C=O) groups excluding carboxylic acids is 3. The number of carbonyl (C=O) groups is 3. The molecule has 3 aliphatic rings. The van der Waals surface area contributed by atoms with Crippen molar-refractivity contribution in [2.75, 3.05) is 5.75 Å². The van der Waals surface area contributed by atoms with Gasteiger partial charge in [-0.1, -0.05) is 45.9 Å². The molecule has 2 bridgehead atoms. The van der Waals surface area contributed by atoms with E-state index in [9.17, 15) is 19.5 Å². The first-order valence-electron chi connectivity index (χ1n) is 17.0. The maximum atomic E-state index is 13.6. The van der Waals surface area contributed by atoms with E-state index in [-0.39, 0.29) is 70.6 Å². The van der Waals surface area contributed by atoms with Crippen molar-refractivity contribution in [3.05, 3.63) is 72.6 Å². The van der Waals surface area contributed by atoms with Gasteiger partial charge in [0.1, 0.15) is 17.5 Å². The van der Waals surface area contributed by atoms with Crippen LogP contribution < -0.4 is 28.5 Å². The van der Waals surface area contributed by atoms with Crippen molar-refractivity contribution in [2.45, 2.75) is 110 Å². The van der Waals surface area contributed by atoms with Gasteiger partial charge in [0, 0.05) is 45.8 Å². The molecule has 262 valence electrons. The Morgan fingerprint density at radius 2 is 1.73 bits per heavy atom. The van der Waals surface area contributed by atoms with Gasteiger partial charge in [-0.3, -0.25) is 9.59 Å². The minimum absolute atomic E-state index is 0. The number of thioether (sulfide) groups is 1. The number of esters is 2. The molecule has 1 heterocycles. The Bertz CT molecular complexity index is 1510. The second-order valence-electron chi connectivity index (χ2n) is 15.8. The summed E-state index contributed by atoms with van der Waals surface area (Å²) in [5, 5.41) is 11.7. The number of rotatable bonds is 8. The third-order valence-corrected chi connectivity index (χ3v) is 12.7. The number of aromatic nitrogens is 1. The fourth-order valence-electron chi connectivity index (χ4n) is 8.78. The molecule has 3 aliphatic carbocycles. The first-order chi connectivity index (χ1) is 22.0. The van der Waals surface area contributed by atoms with Crippen molar-refractivity contribution in [2.24, 2.45) is 34.0 Å². The monoisotopic (exact) mass is 789 g/mol. The minimum Gasteiger partial charge on any atom is -1.00 e. The summed E-state index contributed by atoms with van der Waals surface area (Å²) in [5.41, 5.74) is -0.432. The van der Waals surface area contributed by atoms with E-state index in [0.717, 1.165) is 29.7 Å². The molecule has 0 aliphatic heterocycles. The highest BCUT2D eigenvalue weighted by Gasteiger charge is 2.68. The Morgan fingerprint density at radius 3 is 2.33 bits per heavy atom. The Hall–Kier alpha value is -2.24. The van der Waals surface area contributed by atoms with Gasteiger partial charge in [-0.2, -0.15) is 0 Å². The first kappa shape index (κ1) is 38.6. The lowest BCUT2D eigenvalue weighted by Crippen LogP contribution is -3.00. The molecule has 0 radical (unpaired) electrons. The Labute approximate surface area is 307 Å². The van der Waals surface area contributed by atoms with Crippen LogP contribution in [0.3, 0.4) is 0 Å². The van der Waals surface area contributed by atoms with Crippen molar-refractivity contribution >= 4 is 29.5 Å². The number of ketones is 1. The van der Waals surface area contributed by atoms with Crippen LogP contribution in [0, 0.1) is 34.0 Å². The summed E-state index contributed by atoms with van der Waals surface area (Å²) in [5.74, 6) is -0.346. The summed E-state index contributed by atoms with van der Waals surface area (Å²) in [6.07, 6.45) is 8.18. The second kappa shape index (κ2) is 14.5. The van der Waals surface area contributed by atoms with Gasteiger partial charge in [0.15, 0.2) is 18.9 Å². The molecule has 0 saturated heterocycles. The molecule has 2 aromatic rings. The summed E-state index contributed by atoms with van der Waals surface area (Å²) in [6.45, 7) is 18.8. The number of hydrogen-bond donors (Lipinski definition) is 1. The molecular weight excluding hydrogens is 737 g/mol. The van der Waals surface area contributed by atoms with Crippen LogP contribution in [0.1, 0.15) is 96.5 Å². The van der Waals surface area contributed by atoms with Gasteiger partial charge in [0.05, 0.1) is 17.4 Å². The molecule has 0 amide bonds. The van der Waals surface area contributed by atoms with Crippen LogP contribution in [0.25, 0.3) is 0 Å². The third kappa shape index (κ3) is 7.43. The number of nitrogens with zero attached hydrogens (tertiary/aromatic N) is 1. The lowest BCUT2D eigenvalue weighted by atomic mass is 9.44. The van der Waals surface area contributed by atoms with Crippen LogP contribution >= 0.6 is 11.8 Å². The molecule has 3 fully saturated rings. The van der Waals surface area contributed by atoms with Gasteiger partial charge < -0.3 is 38.6 Å². The molecule has 0 spiro atoms. The number of aliphatic hydroxyl groups excluding tert-OH is 1. The fourth-order valence-corrected chi connectivity index (χ4v) is 9.44. The van der Waals surface area contributed by atoms with Gasteiger partial charge in [0.2, 0.25) is 0 Å².